The molecule has 0 saturated carbocycles. The molecule has 0 atom stereocenters. The van der Waals surface area contributed by atoms with E-state index in [1.807, 2.05) is 44.2 Å². The summed E-state index contributed by atoms with van der Waals surface area (Å²) in [5.74, 6) is -0.0489. The molecule has 2 aromatic carbocycles. The fourth-order valence-electron chi connectivity index (χ4n) is 2.77. The molecule has 3 heteroatoms. The smallest absolute Gasteiger partial charge is 0.265 e. The van der Waals surface area contributed by atoms with Gasteiger partial charge in [0.1, 0.15) is 0 Å². The van der Waals surface area contributed by atoms with Gasteiger partial charge in [0.05, 0.1) is 4.88 Å². The van der Waals surface area contributed by atoms with Crippen molar-refractivity contribution in [2.75, 3.05) is 5.32 Å². The molecule has 1 aromatic heterocycles. The molecular formula is C20H19NOS. The molecule has 0 aliphatic rings. The highest BCUT2D eigenvalue weighted by Crippen LogP contribution is 2.29. The van der Waals surface area contributed by atoms with E-state index in [4.69, 9.17) is 0 Å². The van der Waals surface area contributed by atoms with Crippen LogP contribution < -0.4 is 5.32 Å². The Balaban J connectivity index is 1.84. The van der Waals surface area contributed by atoms with Crippen LogP contribution in [0.1, 0.15) is 26.4 Å². The van der Waals surface area contributed by atoms with Gasteiger partial charge in [-0.3, -0.25) is 4.79 Å². The molecule has 0 bridgehead atoms. The van der Waals surface area contributed by atoms with Crippen LogP contribution in [0.15, 0.2) is 54.6 Å². The molecule has 1 heterocycles. The number of hydrogen-bond donors (Lipinski definition) is 1. The fourth-order valence-corrected chi connectivity index (χ4v) is 3.68. The third-order valence-corrected chi connectivity index (χ3v) is 4.94. The van der Waals surface area contributed by atoms with Crippen LogP contribution in [0.25, 0.3) is 10.4 Å². The minimum atomic E-state index is -0.0489. The zero-order valence-corrected chi connectivity index (χ0v) is 14.3. The lowest BCUT2D eigenvalue weighted by Crippen LogP contribution is -2.12. The SMILES string of the molecule is Cc1cc(C)c(NC(=O)c2ccc(-c3ccccc3)s2)c(C)c1. The highest BCUT2D eigenvalue weighted by molar-refractivity contribution is 7.17. The van der Waals surface area contributed by atoms with E-state index in [1.54, 1.807) is 0 Å². The molecule has 0 spiro atoms. The van der Waals surface area contributed by atoms with Gasteiger partial charge in [-0.25, -0.2) is 0 Å². The normalized spacial score (nSPS) is 10.6. The molecular weight excluding hydrogens is 302 g/mol. The lowest BCUT2D eigenvalue weighted by molar-refractivity contribution is 0.103. The van der Waals surface area contributed by atoms with E-state index in [2.05, 4.69) is 36.5 Å². The maximum absolute atomic E-state index is 12.5. The number of amides is 1. The maximum atomic E-state index is 12.5. The van der Waals surface area contributed by atoms with Gasteiger partial charge in [-0.05, 0) is 49.6 Å². The van der Waals surface area contributed by atoms with Crippen LogP contribution in [-0.2, 0) is 0 Å². The van der Waals surface area contributed by atoms with Crippen LogP contribution in [0.5, 0.6) is 0 Å². The highest BCUT2D eigenvalue weighted by Gasteiger charge is 2.13. The Labute approximate surface area is 140 Å². The molecule has 116 valence electrons. The average molecular weight is 321 g/mol. The second-order valence-corrected chi connectivity index (χ2v) is 6.84. The van der Waals surface area contributed by atoms with Gasteiger partial charge in [-0.2, -0.15) is 0 Å². The van der Waals surface area contributed by atoms with Gasteiger partial charge < -0.3 is 5.32 Å². The van der Waals surface area contributed by atoms with Crippen LogP contribution in [0, 0.1) is 20.8 Å². The minimum Gasteiger partial charge on any atom is -0.321 e. The van der Waals surface area contributed by atoms with Gasteiger partial charge in [0.25, 0.3) is 5.91 Å². The second kappa shape index (κ2) is 6.39. The first kappa shape index (κ1) is 15.5. The van der Waals surface area contributed by atoms with E-state index < -0.39 is 0 Å². The van der Waals surface area contributed by atoms with Crippen molar-refractivity contribution in [3.8, 4) is 10.4 Å². The lowest BCUT2D eigenvalue weighted by atomic mass is 10.1. The van der Waals surface area contributed by atoms with Gasteiger partial charge >= 0.3 is 0 Å². The molecule has 3 rings (SSSR count). The number of rotatable bonds is 3. The lowest BCUT2D eigenvalue weighted by Gasteiger charge is -2.12. The van der Waals surface area contributed by atoms with Crippen molar-refractivity contribution in [2.24, 2.45) is 0 Å². The van der Waals surface area contributed by atoms with Crippen molar-refractivity contribution >= 4 is 22.9 Å². The van der Waals surface area contributed by atoms with Crippen LogP contribution >= 0.6 is 11.3 Å². The molecule has 3 aromatic rings. The standard InChI is InChI=1S/C20H19NOS/c1-13-11-14(2)19(15(3)12-13)21-20(22)18-10-9-17(23-18)16-7-5-4-6-8-16/h4-12H,1-3H3,(H,21,22). The van der Waals surface area contributed by atoms with E-state index in [0.717, 1.165) is 32.1 Å². The number of thiophene rings is 1. The van der Waals surface area contributed by atoms with Crippen molar-refractivity contribution in [2.45, 2.75) is 20.8 Å². The number of aryl methyl sites for hydroxylation is 3. The number of hydrogen-bond acceptors (Lipinski definition) is 2. The van der Waals surface area contributed by atoms with E-state index in [-0.39, 0.29) is 5.91 Å². The summed E-state index contributed by atoms with van der Waals surface area (Å²) in [6.07, 6.45) is 0. The van der Waals surface area contributed by atoms with E-state index >= 15 is 0 Å². The molecule has 23 heavy (non-hydrogen) atoms. The molecule has 0 radical (unpaired) electrons. The first-order valence-corrected chi connectivity index (χ1v) is 8.40. The monoisotopic (exact) mass is 321 g/mol. The van der Waals surface area contributed by atoms with Crippen molar-refractivity contribution in [1.29, 1.82) is 0 Å². The number of carbonyl (C=O) groups is 1. The van der Waals surface area contributed by atoms with Crippen molar-refractivity contribution in [3.05, 3.63) is 76.2 Å². The Hall–Kier alpha value is -2.39. The third-order valence-electron chi connectivity index (χ3n) is 3.80. The summed E-state index contributed by atoms with van der Waals surface area (Å²) in [6.45, 7) is 6.12. The largest absolute Gasteiger partial charge is 0.321 e. The predicted octanol–water partition coefficient (Wildman–Crippen LogP) is 5.59. The fraction of sp³-hybridized carbons (Fsp3) is 0.150. The van der Waals surface area contributed by atoms with Crippen molar-refractivity contribution in [1.82, 2.24) is 0 Å². The second-order valence-electron chi connectivity index (χ2n) is 5.76. The molecule has 1 amide bonds. The van der Waals surface area contributed by atoms with Gasteiger partial charge in [0.15, 0.2) is 0 Å². The summed E-state index contributed by atoms with van der Waals surface area (Å²) in [5.41, 5.74) is 5.45. The zero-order valence-electron chi connectivity index (χ0n) is 13.5. The molecule has 0 aliphatic carbocycles. The quantitative estimate of drug-likeness (QED) is 0.669. The molecule has 0 fully saturated rings. The number of carbonyl (C=O) groups excluding carboxylic acids is 1. The molecule has 2 nitrogen and oxygen atoms in total. The zero-order chi connectivity index (χ0) is 16.4. The predicted molar refractivity (Wildman–Crippen MR) is 98.4 cm³/mol. The van der Waals surface area contributed by atoms with Crippen molar-refractivity contribution < 1.29 is 4.79 Å². The Morgan fingerprint density at radius 3 is 2.22 bits per heavy atom. The molecule has 0 unspecified atom stereocenters. The summed E-state index contributed by atoms with van der Waals surface area (Å²) < 4.78 is 0. The van der Waals surface area contributed by atoms with Crippen LogP contribution in [0.2, 0.25) is 0 Å². The summed E-state index contributed by atoms with van der Waals surface area (Å²) in [6, 6.07) is 18.2. The topological polar surface area (TPSA) is 29.1 Å². The van der Waals surface area contributed by atoms with Crippen molar-refractivity contribution in [3.63, 3.8) is 0 Å². The van der Waals surface area contributed by atoms with E-state index in [0.29, 0.717) is 0 Å². The van der Waals surface area contributed by atoms with E-state index in [9.17, 15) is 4.79 Å². The Bertz CT molecular complexity index is 826. The van der Waals surface area contributed by atoms with Crippen LogP contribution in [-0.4, -0.2) is 5.91 Å². The number of anilines is 1. The molecule has 0 saturated heterocycles. The first-order chi connectivity index (χ1) is 11.0. The number of benzene rings is 2. The Kier molecular flexibility index (Phi) is 4.30. The highest BCUT2D eigenvalue weighted by atomic mass is 32.1. The molecule has 0 aliphatic heterocycles. The van der Waals surface area contributed by atoms with Gasteiger partial charge in [0, 0.05) is 10.6 Å². The first-order valence-electron chi connectivity index (χ1n) is 7.59. The Morgan fingerprint density at radius 1 is 0.913 bits per heavy atom. The summed E-state index contributed by atoms with van der Waals surface area (Å²) in [4.78, 5) is 14.4. The van der Waals surface area contributed by atoms with Gasteiger partial charge in [0.2, 0.25) is 0 Å². The summed E-state index contributed by atoms with van der Waals surface area (Å²) >= 11 is 1.52. The van der Waals surface area contributed by atoms with Crippen LogP contribution in [0.3, 0.4) is 0 Å². The maximum Gasteiger partial charge on any atom is 0.265 e. The minimum absolute atomic E-state index is 0.0489. The molecule has 1 N–H and O–H groups in total. The van der Waals surface area contributed by atoms with Gasteiger partial charge in [-0.15, -0.1) is 11.3 Å². The summed E-state index contributed by atoms with van der Waals surface area (Å²) in [5, 5.41) is 3.06. The number of nitrogens with one attached hydrogen (secondary N) is 1. The Morgan fingerprint density at radius 2 is 1.57 bits per heavy atom. The van der Waals surface area contributed by atoms with Crippen LogP contribution in [0.4, 0.5) is 5.69 Å². The average Bonchev–Trinajstić information content (AvgIpc) is 3.01. The van der Waals surface area contributed by atoms with Gasteiger partial charge in [-0.1, -0.05) is 48.0 Å². The van der Waals surface area contributed by atoms with E-state index in [1.165, 1.54) is 16.9 Å². The third kappa shape index (κ3) is 3.35. The summed E-state index contributed by atoms with van der Waals surface area (Å²) in [7, 11) is 0.